The summed E-state index contributed by atoms with van der Waals surface area (Å²) >= 11 is 6.08. The van der Waals surface area contributed by atoms with E-state index in [4.69, 9.17) is 25.6 Å². The molecule has 3 rings (SSSR count). The quantitative estimate of drug-likeness (QED) is 0.714. The van der Waals surface area contributed by atoms with Crippen LogP contribution in [0.3, 0.4) is 0 Å². The molecule has 1 aromatic carbocycles. The Bertz CT molecular complexity index is 786. The van der Waals surface area contributed by atoms with Crippen LogP contribution >= 0.6 is 11.6 Å². The molecule has 1 aromatic heterocycles. The van der Waals surface area contributed by atoms with Crippen molar-refractivity contribution in [1.82, 2.24) is 9.72 Å². The molecule has 1 fully saturated rings. The van der Waals surface area contributed by atoms with Gasteiger partial charge in [0, 0.05) is 50.6 Å². The molecule has 1 aliphatic rings. The summed E-state index contributed by atoms with van der Waals surface area (Å²) in [7, 11) is 3.29. The van der Waals surface area contributed by atoms with Crippen molar-refractivity contribution in [3.63, 3.8) is 0 Å². The lowest BCUT2D eigenvalue weighted by Gasteiger charge is -2.37. The van der Waals surface area contributed by atoms with Crippen molar-refractivity contribution >= 4 is 11.6 Å². The van der Waals surface area contributed by atoms with Crippen LogP contribution in [0.1, 0.15) is 37.1 Å². The third-order valence-electron chi connectivity index (χ3n) is 5.21. The van der Waals surface area contributed by atoms with Gasteiger partial charge in [0.2, 0.25) is 0 Å². The molecule has 26 heavy (non-hydrogen) atoms. The van der Waals surface area contributed by atoms with Crippen LogP contribution in [-0.4, -0.2) is 29.7 Å². The normalized spacial score (nSPS) is 17.5. The molecule has 2 aromatic rings. The van der Waals surface area contributed by atoms with E-state index in [9.17, 15) is 9.18 Å². The Balaban J connectivity index is 1.74. The SMILES string of the molecule is COC1(OC)CCC(Cn2c(Cc3c(F)cccc3Cl)noc2=O)CC1. The number of hydrogen-bond donors (Lipinski definition) is 0. The summed E-state index contributed by atoms with van der Waals surface area (Å²) in [4.78, 5) is 12.1. The van der Waals surface area contributed by atoms with Crippen LogP contribution < -0.4 is 5.76 Å². The second kappa shape index (κ2) is 7.90. The summed E-state index contributed by atoms with van der Waals surface area (Å²) in [6.45, 7) is 0.466. The first kappa shape index (κ1) is 19.1. The van der Waals surface area contributed by atoms with Gasteiger partial charge >= 0.3 is 5.76 Å². The van der Waals surface area contributed by atoms with E-state index < -0.39 is 17.4 Å². The predicted molar refractivity (Wildman–Crippen MR) is 93.7 cm³/mol. The van der Waals surface area contributed by atoms with Crippen molar-refractivity contribution in [1.29, 1.82) is 0 Å². The van der Waals surface area contributed by atoms with Gasteiger partial charge in [-0.2, -0.15) is 0 Å². The minimum atomic E-state index is -0.542. The number of ether oxygens (including phenoxy) is 2. The number of nitrogens with zero attached hydrogens (tertiary/aromatic N) is 2. The molecule has 1 aliphatic carbocycles. The zero-order valence-corrected chi connectivity index (χ0v) is 15.6. The molecule has 8 heteroatoms. The molecular weight excluding hydrogens is 363 g/mol. The number of rotatable bonds is 6. The van der Waals surface area contributed by atoms with Crippen molar-refractivity contribution in [3.05, 3.63) is 51.0 Å². The first-order valence-electron chi connectivity index (χ1n) is 8.56. The maximum Gasteiger partial charge on any atom is 0.441 e. The van der Waals surface area contributed by atoms with Gasteiger partial charge in [0.1, 0.15) is 5.82 Å². The molecule has 0 aliphatic heterocycles. The van der Waals surface area contributed by atoms with Crippen LogP contribution in [-0.2, 0) is 22.4 Å². The van der Waals surface area contributed by atoms with Crippen LogP contribution in [0.25, 0.3) is 0 Å². The van der Waals surface area contributed by atoms with Gasteiger partial charge in [-0.05, 0) is 30.9 Å². The lowest BCUT2D eigenvalue weighted by molar-refractivity contribution is -0.227. The van der Waals surface area contributed by atoms with E-state index in [0.717, 1.165) is 25.7 Å². The molecule has 142 valence electrons. The van der Waals surface area contributed by atoms with Crippen molar-refractivity contribution in [2.24, 2.45) is 5.92 Å². The fourth-order valence-electron chi connectivity index (χ4n) is 3.51. The maximum atomic E-state index is 14.0. The molecule has 6 nitrogen and oxygen atoms in total. The van der Waals surface area contributed by atoms with Gasteiger partial charge in [0.15, 0.2) is 11.6 Å². The fourth-order valence-corrected chi connectivity index (χ4v) is 3.74. The highest BCUT2D eigenvalue weighted by atomic mass is 35.5. The first-order chi connectivity index (χ1) is 12.5. The standard InChI is InChI=1S/C18H22ClFN2O4/c1-24-18(25-2)8-6-12(7-9-18)11-22-16(21-26-17(22)23)10-13-14(19)4-3-5-15(13)20/h3-5,12H,6-11H2,1-2H3. The van der Waals surface area contributed by atoms with Gasteiger partial charge in [0.05, 0.1) is 0 Å². The average Bonchev–Trinajstić information content (AvgIpc) is 2.99. The van der Waals surface area contributed by atoms with Gasteiger partial charge in [-0.3, -0.25) is 9.09 Å². The van der Waals surface area contributed by atoms with Crippen molar-refractivity contribution in [2.75, 3.05) is 14.2 Å². The molecule has 0 atom stereocenters. The lowest BCUT2D eigenvalue weighted by atomic mass is 9.85. The van der Waals surface area contributed by atoms with E-state index in [1.54, 1.807) is 20.3 Å². The first-order valence-corrected chi connectivity index (χ1v) is 8.94. The Morgan fingerprint density at radius 2 is 2.04 bits per heavy atom. The minimum absolute atomic E-state index is 0.101. The molecular formula is C18H22ClFN2O4. The van der Waals surface area contributed by atoms with Crippen molar-refractivity contribution in [3.8, 4) is 0 Å². The number of methoxy groups -OCH3 is 2. The van der Waals surface area contributed by atoms with E-state index in [-0.39, 0.29) is 12.3 Å². The van der Waals surface area contributed by atoms with Crippen LogP contribution in [0.15, 0.2) is 27.5 Å². The van der Waals surface area contributed by atoms with Gasteiger partial charge < -0.3 is 9.47 Å². The molecule has 0 radical (unpaired) electrons. The summed E-state index contributed by atoms with van der Waals surface area (Å²) in [6.07, 6.45) is 3.29. The Labute approximate surface area is 155 Å². The van der Waals surface area contributed by atoms with E-state index in [1.165, 1.54) is 16.7 Å². The molecule has 0 N–H and O–H groups in total. The monoisotopic (exact) mass is 384 g/mol. The Morgan fingerprint density at radius 1 is 1.35 bits per heavy atom. The molecule has 0 saturated heterocycles. The van der Waals surface area contributed by atoms with Gasteiger partial charge in [-0.1, -0.05) is 22.8 Å². The topological polar surface area (TPSA) is 66.5 Å². The summed E-state index contributed by atoms with van der Waals surface area (Å²) in [6, 6.07) is 4.48. The van der Waals surface area contributed by atoms with E-state index >= 15 is 0 Å². The van der Waals surface area contributed by atoms with Crippen LogP contribution in [0.4, 0.5) is 4.39 Å². The summed E-state index contributed by atoms with van der Waals surface area (Å²) in [5, 5.41) is 4.12. The average molecular weight is 385 g/mol. The summed E-state index contributed by atoms with van der Waals surface area (Å²) in [5.74, 6) is -0.873. The zero-order chi connectivity index (χ0) is 18.7. The molecule has 0 amide bonds. The number of halogens is 2. The third-order valence-corrected chi connectivity index (χ3v) is 5.56. The number of aromatic nitrogens is 2. The van der Waals surface area contributed by atoms with Crippen molar-refractivity contribution < 1.29 is 18.4 Å². The van der Waals surface area contributed by atoms with E-state index in [2.05, 4.69) is 5.16 Å². The van der Waals surface area contributed by atoms with E-state index in [0.29, 0.717) is 23.0 Å². The highest BCUT2D eigenvalue weighted by molar-refractivity contribution is 6.31. The van der Waals surface area contributed by atoms with Crippen molar-refractivity contribution in [2.45, 2.75) is 44.4 Å². The Morgan fingerprint density at radius 3 is 2.65 bits per heavy atom. The lowest BCUT2D eigenvalue weighted by Crippen LogP contribution is -2.39. The molecule has 0 unspecified atom stereocenters. The molecule has 1 saturated carbocycles. The van der Waals surface area contributed by atoms with Crippen LogP contribution in [0, 0.1) is 11.7 Å². The maximum absolute atomic E-state index is 14.0. The van der Waals surface area contributed by atoms with Gasteiger partial charge in [0.25, 0.3) is 0 Å². The summed E-state index contributed by atoms with van der Waals surface area (Å²) in [5.41, 5.74) is 0.303. The second-order valence-electron chi connectivity index (χ2n) is 6.61. The molecule has 0 spiro atoms. The predicted octanol–water partition coefficient (Wildman–Crippen LogP) is 3.40. The Kier molecular flexibility index (Phi) is 5.79. The largest absolute Gasteiger partial charge is 0.441 e. The number of benzene rings is 1. The molecule has 1 heterocycles. The number of hydrogen-bond acceptors (Lipinski definition) is 5. The highest BCUT2D eigenvalue weighted by Crippen LogP contribution is 2.35. The van der Waals surface area contributed by atoms with Crippen LogP contribution in [0.5, 0.6) is 0 Å². The summed E-state index contributed by atoms with van der Waals surface area (Å²) < 4.78 is 31.3. The van der Waals surface area contributed by atoms with E-state index in [1.807, 2.05) is 0 Å². The third kappa shape index (κ3) is 3.84. The highest BCUT2D eigenvalue weighted by Gasteiger charge is 2.35. The molecule has 0 bridgehead atoms. The van der Waals surface area contributed by atoms with Crippen LogP contribution in [0.2, 0.25) is 5.02 Å². The fraction of sp³-hybridized carbons (Fsp3) is 0.556. The second-order valence-corrected chi connectivity index (χ2v) is 7.02. The van der Waals surface area contributed by atoms with Gasteiger partial charge in [-0.15, -0.1) is 0 Å². The zero-order valence-electron chi connectivity index (χ0n) is 14.8. The Hall–Kier alpha value is -1.70. The minimum Gasteiger partial charge on any atom is -0.353 e. The van der Waals surface area contributed by atoms with Gasteiger partial charge in [-0.25, -0.2) is 9.18 Å². The smallest absolute Gasteiger partial charge is 0.353 e.